The zero-order valence-corrected chi connectivity index (χ0v) is 11.4. The fraction of sp³-hybridized carbons (Fsp3) is 0. The molecule has 2 aromatic carbocycles. The first-order chi connectivity index (χ1) is 10.4. The molecule has 0 N–H and O–H groups in total. The molecule has 2 nitrogen and oxygen atoms in total. The molecule has 2 heteroatoms. The van der Waals surface area contributed by atoms with Crippen molar-refractivity contribution < 1.29 is 9.21 Å². The van der Waals surface area contributed by atoms with E-state index < -0.39 is 0 Å². The van der Waals surface area contributed by atoms with Crippen molar-refractivity contribution in [1.29, 1.82) is 0 Å². The summed E-state index contributed by atoms with van der Waals surface area (Å²) < 4.78 is 5.59. The lowest BCUT2D eigenvalue weighted by Gasteiger charge is -2.05. The van der Waals surface area contributed by atoms with E-state index in [1.165, 1.54) is 0 Å². The quantitative estimate of drug-likeness (QED) is 0.510. The molecule has 0 unspecified atom stereocenters. The third kappa shape index (κ3) is 3.00. The first kappa shape index (κ1) is 13.1. The van der Waals surface area contributed by atoms with Gasteiger partial charge in [0.25, 0.3) is 0 Å². The maximum absolute atomic E-state index is 10.8. The highest BCUT2D eigenvalue weighted by Crippen LogP contribution is 2.27. The summed E-state index contributed by atoms with van der Waals surface area (Å²) in [6.45, 7) is 0. The number of furan rings is 1. The number of benzene rings is 2. The molecule has 0 aliphatic carbocycles. The number of carbonyl (C=O) groups excluding carboxylic acids is 1. The molecule has 0 radical (unpaired) electrons. The summed E-state index contributed by atoms with van der Waals surface area (Å²) in [6.07, 6.45) is 2.78. The van der Waals surface area contributed by atoms with E-state index in [0.29, 0.717) is 17.8 Å². The third-order valence-corrected chi connectivity index (χ3v) is 3.20. The molecule has 3 aromatic rings. The topological polar surface area (TPSA) is 30.2 Å². The summed E-state index contributed by atoms with van der Waals surface area (Å²) in [4.78, 5) is 10.8. The molecule has 0 aliphatic heterocycles. The van der Waals surface area contributed by atoms with Crippen LogP contribution in [0, 0.1) is 0 Å². The fourth-order valence-corrected chi connectivity index (χ4v) is 2.19. The van der Waals surface area contributed by atoms with Gasteiger partial charge in [0.05, 0.1) is 0 Å². The largest absolute Gasteiger partial charge is 0.453 e. The van der Waals surface area contributed by atoms with Crippen molar-refractivity contribution in [3.05, 3.63) is 95.4 Å². The van der Waals surface area contributed by atoms with E-state index in [2.05, 4.69) is 6.08 Å². The molecule has 0 saturated heterocycles. The maximum Gasteiger partial charge on any atom is 0.185 e. The number of aldehydes is 1. The van der Waals surface area contributed by atoms with Gasteiger partial charge in [0.2, 0.25) is 0 Å². The Morgan fingerprint density at radius 2 is 1.48 bits per heavy atom. The van der Waals surface area contributed by atoms with Crippen LogP contribution in [0.1, 0.15) is 27.4 Å². The smallest absolute Gasteiger partial charge is 0.185 e. The Labute approximate surface area is 123 Å². The molecular formula is C19H14O2. The first-order valence-electron chi connectivity index (χ1n) is 6.74. The van der Waals surface area contributed by atoms with E-state index in [1.54, 1.807) is 6.07 Å². The zero-order chi connectivity index (χ0) is 14.5. The fourth-order valence-electron chi connectivity index (χ4n) is 2.19. The van der Waals surface area contributed by atoms with Crippen LogP contribution >= 0.6 is 0 Å². The zero-order valence-electron chi connectivity index (χ0n) is 11.4. The van der Waals surface area contributed by atoms with Gasteiger partial charge in [-0.05, 0) is 29.3 Å². The van der Waals surface area contributed by atoms with Gasteiger partial charge < -0.3 is 4.42 Å². The molecule has 1 aromatic heterocycles. The van der Waals surface area contributed by atoms with Gasteiger partial charge in [-0.3, -0.25) is 4.79 Å². The van der Waals surface area contributed by atoms with Gasteiger partial charge in [-0.1, -0.05) is 60.7 Å². The predicted molar refractivity (Wildman–Crippen MR) is 84.0 cm³/mol. The Bertz CT molecular complexity index is 753. The Morgan fingerprint density at radius 3 is 2.10 bits per heavy atom. The molecule has 21 heavy (non-hydrogen) atoms. The van der Waals surface area contributed by atoms with Crippen LogP contribution in [-0.2, 0) is 0 Å². The van der Waals surface area contributed by atoms with E-state index >= 15 is 0 Å². The molecule has 0 amide bonds. The molecule has 0 saturated carbocycles. The van der Waals surface area contributed by atoms with Crippen molar-refractivity contribution in [1.82, 2.24) is 0 Å². The molecule has 3 rings (SSSR count). The van der Waals surface area contributed by atoms with Gasteiger partial charge in [0.15, 0.2) is 12.0 Å². The highest BCUT2D eigenvalue weighted by atomic mass is 16.3. The second kappa shape index (κ2) is 6.06. The predicted octanol–water partition coefficient (Wildman–Crippen LogP) is 4.68. The van der Waals surface area contributed by atoms with Crippen LogP contribution in [0.5, 0.6) is 0 Å². The first-order valence-corrected chi connectivity index (χ1v) is 6.74. The Hall–Kier alpha value is -2.87. The molecule has 102 valence electrons. The second-order valence-corrected chi connectivity index (χ2v) is 4.65. The number of carbonyl (C=O) groups is 1. The van der Waals surface area contributed by atoms with E-state index in [0.717, 1.165) is 16.7 Å². The normalized spacial score (nSPS) is 11.3. The minimum Gasteiger partial charge on any atom is -0.453 e. The van der Waals surface area contributed by atoms with Crippen LogP contribution in [-0.4, -0.2) is 6.29 Å². The van der Waals surface area contributed by atoms with Crippen molar-refractivity contribution in [3.8, 4) is 0 Å². The standard InChI is InChI=1S/C19H14O2/c20-14-17-11-12-19(21-17)18(16-9-5-2-6-10-16)13-15-7-3-1-4-8-15/h1-14H/b18-13-. The number of hydrogen-bond acceptors (Lipinski definition) is 2. The summed E-state index contributed by atoms with van der Waals surface area (Å²) in [7, 11) is 0. The number of hydrogen-bond donors (Lipinski definition) is 0. The molecule has 1 heterocycles. The minimum absolute atomic E-state index is 0.333. The molecule has 0 spiro atoms. The Morgan fingerprint density at radius 1 is 0.810 bits per heavy atom. The lowest BCUT2D eigenvalue weighted by molar-refractivity contribution is 0.110. The van der Waals surface area contributed by atoms with Crippen LogP contribution in [0.15, 0.2) is 77.2 Å². The molecule has 0 bridgehead atoms. The van der Waals surface area contributed by atoms with Crippen LogP contribution in [0.25, 0.3) is 11.6 Å². The average Bonchev–Trinajstić information content (AvgIpc) is 3.03. The van der Waals surface area contributed by atoms with Gasteiger partial charge in [-0.15, -0.1) is 0 Å². The average molecular weight is 274 g/mol. The lowest BCUT2D eigenvalue weighted by atomic mass is 10.0. The van der Waals surface area contributed by atoms with Crippen LogP contribution in [0.3, 0.4) is 0 Å². The van der Waals surface area contributed by atoms with Crippen molar-refractivity contribution in [2.45, 2.75) is 0 Å². The van der Waals surface area contributed by atoms with E-state index in [-0.39, 0.29) is 0 Å². The van der Waals surface area contributed by atoms with Gasteiger partial charge in [0, 0.05) is 5.57 Å². The summed E-state index contributed by atoms with van der Waals surface area (Å²) in [6, 6.07) is 23.5. The van der Waals surface area contributed by atoms with Crippen molar-refractivity contribution >= 4 is 17.9 Å². The van der Waals surface area contributed by atoms with E-state index in [1.807, 2.05) is 66.7 Å². The molecular weight excluding hydrogens is 260 g/mol. The highest BCUT2D eigenvalue weighted by molar-refractivity contribution is 5.90. The van der Waals surface area contributed by atoms with Gasteiger partial charge >= 0.3 is 0 Å². The van der Waals surface area contributed by atoms with E-state index in [9.17, 15) is 4.79 Å². The molecule has 0 atom stereocenters. The van der Waals surface area contributed by atoms with Crippen LogP contribution in [0.2, 0.25) is 0 Å². The summed E-state index contributed by atoms with van der Waals surface area (Å²) in [5.74, 6) is 1.02. The van der Waals surface area contributed by atoms with Crippen LogP contribution in [0.4, 0.5) is 0 Å². The SMILES string of the molecule is O=Cc1ccc(/C(=C\c2ccccc2)c2ccccc2)o1. The third-order valence-electron chi connectivity index (χ3n) is 3.20. The number of rotatable bonds is 4. The highest BCUT2D eigenvalue weighted by Gasteiger charge is 2.10. The van der Waals surface area contributed by atoms with Crippen LogP contribution < -0.4 is 0 Å². The van der Waals surface area contributed by atoms with Crippen molar-refractivity contribution in [2.75, 3.05) is 0 Å². The molecule has 0 aliphatic rings. The van der Waals surface area contributed by atoms with Crippen molar-refractivity contribution in [2.24, 2.45) is 0 Å². The van der Waals surface area contributed by atoms with Gasteiger partial charge in [0.1, 0.15) is 5.76 Å². The monoisotopic (exact) mass is 274 g/mol. The Balaban J connectivity index is 2.11. The van der Waals surface area contributed by atoms with Crippen molar-refractivity contribution in [3.63, 3.8) is 0 Å². The Kier molecular flexibility index (Phi) is 3.79. The van der Waals surface area contributed by atoms with Gasteiger partial charge in [-0.25, -0.2) is 0 Å². The van der Waals surface area contributed by atoms with Gasteiger partial charge in [-0.2, -0.15) is 0 Å². The van der Waals surface area contributed by atoms with E-state index in [4.69, 9.17) is 4.42 Å². The second-order valence-electron chi connectivity index (χ2n) is 4.65. The maximum atomic E-state index is 10.8. The summed E-state index contributed by atoms with van der Waals surface area (Å²) in [5, 5.41) is 0. The summed E-state index contributed by atoms with van der Waals surface area (Å²) in [5.41, 5.74) is 3.09. The molecule has 0 fully saturated rings. The lowest BCUT2D eigenvalue weighted by Crippen LogP contribution is -1.86. The summed E-state index contributed by atoms with van der Waals surface area (Å²) >= 11 is 0. The minimum atomic E-state index is 0.333.